The number of nitrogens with one attached hydrogen (secondary N) is 1. The van der Waals surface area contributed by atoms with Crippen molar-refractivity contribution in [1.29, 1.82) is 0 Å². The van der Waals surface area contributed by atoms with Crippen LogP contribution in [0.1, 0.15) is 30.4 Å². The van der Waals surface area contributed by atoms with Crippen molar-refractivity contribution in [3.05, 3.63) is 35.4 Å². The molecule has 2 unspecified atom stereocenters. The molecule has 1 aromatic rings. The third-order valence-electron chi connectivity index (χ3n) is 6.33. The number of benzene rings is 1. The highest BCUT2D eigenvalue weighted by Gasteiger charge is 2.48. The number of fused-ring (bicyclic) bond motifs is 1. The number of aliphatic hydroxyl groups is 2. The summed E-state index contributed by atoms with van der Waals surface area (Å²) >= 11 is 0. The monoisotopic (exact) mass is 506 g/mol. The van der Waals surface area contributed by atoms with Gasteiger partial charge in [0.2, 0.25) is 0 Å². The predicted octanol–water partition coefficient (Wildman–Crippen LogP) is 0.0978. The minimum absolute atomic E-state index is 0.220. The Balaban J connectivity index is 1.43. The largest absolute Gasteiger partial charge is 0.471 e. The maximum Gasteiger partial charge on any atom is 0.471 e. The Bertz CT molecular complexity index is 1160. The standard InChI is InChI=1S/C23H25F3N6O4/c1-13(15-6-4-14(5-7-15)3-2-8-28-21(35)23(24,25)26)22(27)19-20(29-11-31-22)32(12-30-19)18-9-16(34)17(10-33)36-18/h4-7,11,13,16-18,33-34H,8-10,12,27H2,1H3,(H,28,35)/t13?,16-,17+,18+,22?/m0/s1. The number of rotatable bonds is 5. The first-order valence-electron chi connectivity index (χ1n) is 11.1. The van der Waals surface area contributed by atoms with Crippen LogP contribution in [0.3, 0.4) is 0 Å². The maximum absolute atomic E-state index is 12.2. The SMILES string of the molecule is CC(c1ccc(C#CCNC(=O)C(F)(F)F)cc1)C1(N)N=CN=C2C1=NCN2[C@H]1C[C@H](O)[C@@H](CO)O1. The van der Waals surface area contributed by atoms with E-state index in [0.29, 0.717) is 23.5 Å². The molecule has 5 atom stereocenters. The van der Waals surface area contributed by atoms with Crippen LogP contribution in [0.25, 0.3) is 0 Å². The Morgan fingerprint density at radius 2 is 2.11 bits per heavy atom. The number of nitrogens with two attached hydrogens (primary N) is 1. The smallest absolute Gasteiger partial charge is 0.394 e. The average molecular weight is 506 g/mol. The second-order valence-corrected chi connectivity index (χ2v) is 8.58. The van der Waals surface area contributed by atoms with Crippen LogP contribution < -0.4 is 11.1 Å². The fourth-order valence-corrected chi connectivity index (χ4v) is 4.20. The molecule has 13 heteroatoms. The van der Waals surface area contributed by atoms with E-state index in [-0.39, 0.29) is 19.2 Å². The van der Waals surface area contributed by atoms with Gasteiger partial charge >= 0.3 is 12.1 Å². The van der Waals surface area contributed by atoms with Crippen LogP contribution in [0.5, 0.6) is 0 Å². The zero-order chi connectivity index (χ0) is 26.1. The number of alkyl halides is 3. The lowest BCUT2D eigenvalue weighted by atomic mass is 9.83. The average Bonchev–Trinajstić information content (AvgIpc) is 3.45. The van der Waals surface area contributed by atoms with Crippen molar-refractivity contribution in [2.75, 3.05) is 19.8 Å². The Hall–Kier alpha value is -3.31. The molecular formula is C23H25F3N6O4. The van der Waals surface area contributed by atoms with Gasteiger partial charge in [0, 0.05) is 17.9 Å². The first-order valence-corrected chi connectivity index (χ1v) is 11.1. The van der Waals surface area contributed by atoms with E-state index in [4.69, 9.17) is 10.5 Å². The molecule has 192 valence electrons. The molecule has 0 spiro atoms. The first-order chi connectivity index (χ1) is 17.0. The molecule has 0 aromatic heterocycles. The molecule has 0 bridgehead atoms. The molecule has 10 nitrogen and oxygen atoms in total. The van der Waals surface area contributed by atoms with Crippen LogP contribution in [0.4, 0.5) is 13.2 Å². The third kappa shape index (κ3) is 4.98. The van der Waals surface area contributed by atoms with Gasteiger partial charge in [-0.15, -0.1) is 0 Å². The van der Waals surface area contributed by atoms with Crippen LogP contribution in [-0.2, 0) is 9.53 Å². The number of carbonyl (C=O) groups is 1. The van der Waals surface area contributed by atoms with Gasteiger partial charge in [-0.3, -0.25) is 9.79 Å². The maximum atomic E-state index is 12.2. The van der Waals surface area contributed by atoms with Gasteiger partial charge in [-0.1, -0.05) is 30.9 Å². The highest BCUT2D eigenvalue weighted by Crippen LogP contribution is 2.35. The van der Waals surface area contributed by atoms with Gasteiger partial charge in [0.1, 0.15) is 31.1 Å². The van der Waals surface area contributed by atoms with Gasteiger partial charge < -0.3 is 30.9 Å². The number of halogens is 3. The lowest BCUT2D eigenvalue weighted by Crippen LogP contribution is -2.56. The number of hydrogen-bond acceptors (Lipinski definition) is 9. The summed E-state index contributed by atoms with van der Waals surface area (Å²) in [6.07, 6.45) is -5.28. The molecule has 3 aliphatic heterocycles. The number of aliphatic imine (C=N–C) groups is 3. The normalized spacial score (nSPS) is 28.1. The Kier molecular flexibility index (Phi) is 7.14. The van der Waals surface area contributed by atoms with Gasteiger partial charge in [0.05, 0.1) is 19.3 Å². The summed E-state index contributed by atoms with van der Waals surface area (Å²) in [5, 5.41) is 21.2. The summed E-state index contributed by atoms with van der Waals surface area (Å²) in [4.78, 5) is 25.9. The number of ether oxygens (including phenoxy) is 1. The van der Waals surface area contributed by atoms with Gasteiger partial charge in [-0.05, 0) is 17.7 Å². The first kappa shape index (κ1) is 25.8. The third-order valence-corrected chi connectivity index (χ3v) is 6.33. The molecule has 1 aromatic carbocycles. The summed E-state index contributed by atoms with van der Waals surface area (Å²) in [6.45, 7) is 1.37. The van der Waals surface area contributed by atoms with E-state index in [1.165, 1.54) is 6.34 Å². The summed E-state index contributed by atoms with van der Waals surface area (Å²) in [5.41, 5.74) is 7.35. The molecule has 3 heterocycles. The Morgan fingerprint density at radius 3 is 2.75 bits per heavy atom. The molecule has 0 saturated carbocycles. The summed E-state index contributed by atoms with van der Waals surface area (Å²) in [6, 6.07) is 6.96. The van der Waals surface area contributed by atoms with Crippen LogP contribution in [0.2, 0.25) is 0 Å². The molecule has 1 amide bonds. The number of nitrogens with zero attached hydrogens (tertiary/aromatic N) is 4. The molecule has 1 saturated heterocycles. The minimum Gasteiger partial charge on any atom is -0.394 e. The van der Waals surface area contributed by atoms with Crippen molar-refractivity contribution in [2.24, 2.45) is 20.7 Å². The second kappa shape index (κ2) is 9.98. The zero-order valence-electron chi connectivity index (χ0n) is 19.2. The van der Waals surface area contributed by atoms with E-state index in [0.717, 1.165) is 5.56 Å². The molecule has 0 aliphatic carbocycles. The van der Waals surface area contributed by atoms with Crippen molar-refractivity contribution in [1.82, 2.24) is 10.2 Å². The van der Waals surface area contributed by atoms with Gasteiger partial charge in [0.25, 0.3) is 0 Å². The number of amides is 1. The lowest BCUT2D eigenvalue weighted by Gasteiger charge is -2.35. The predicted molar refractivity (Wildman–Crippen MR) is 124 cm³/mol. The fourth-order valence-electron chi connectivity index (χ4n) is 4.20. The number of hydrogen-bond donors (Lipinski definition) is 4. The summed E-state index contributed by atoms with van der Waals surface area (Å²) in [7, 11) is 0. The van der Waals surface area contributed by atoms with Crippen LogP contribution in [-0.4, -0.2) is 89.0 Å². The second-order valence-electron chi connectivity index (χ2n) is 8.58. The highest BCUT2D eigenvalue weighted by atomic mass is 19.4. The number of amidine groups is 1. The molecule has 1 fully saturated rings. The minimum atomic E-state index is -4.95. The molecular weight excluding hydrogens is 481 g/mol. The topological polar surface area (TPSA) is 145 Å². The van der Waals surface area contributed by atoms with Crippen LogP contribution in [0, 0.1) is 11.8 Å². The van der Waals surface area contributed by atoms with E-state index in [2.05, 4.69) is 26.8 Å². The van der Waals surface area contributed by atoms with Crippen LogP contribution >= 0.6 is 0 Å². The lowest BCUT2D eigenvalue weighted by molar-refractivity contribution is -0.173. The van der Waals surface area contributed by atoms with Crippen molar-refractivity contribution < 1.29 is 32.9 Å². The van der Waals surface area contributed by atoms with E-state index < -0.39 is 42.7 Å². The van der Waals surface area contributed by atoms with Gasteiger partial charge in [-0.25, -0.2) is 9.98 Å². The number of carbonyl (C=O) groups excluding carboxylic acids is 1. The molecule has 0 radical (unpaired) electrons. The van der Waals surface area contributed by atoms with Crippen molar-refractivity contribution >= 4 is 23.8 Å². The van der Waals surface area contributed by atoms with E-state index >= 15 is 0 Å². The van der Waals surface area contributed by atoms with Gasteiger partial charge in [-0.2, -0.15) is 13.2 Å². The summed E-state index contributed by atoms with van der Waals surface area (Å²) < 4.78 is 42.4. The number of aliphatic hydroxyl groups excluding tert-OH is 2. The van der Waals surface area contributed by atoms with E-state index in [1.54, 1.807) is 34.5 Å². The molecule has 4 rings (SSSR count). The Labute approximate surface area is 204 Å². The van der Waals surface area contributed by atoms with Crippen molar-refractivity contribution in [3.8, 4) is 11.8 Å². The highest BCUT2D eigenvalue weighted by molar-refractivity contribution is 6.47. The zero-order valence-corrected chi connectivity index (χ0v) is 19.2. The van der Waals surface area contributed by atoms with E-state index in [9.17, 15) is 28.2 Å². The van der Waals surface area contributed by atoms with Gasteiger partial charge in [0.15, 0.2) is 11.5 Å². The fraction of sp³-hybridized carbons (Fsp3) is 0.478. The molecule has 3 aliphatic rings. The van der Waals surface area contributed by atoms with Crippen molar-refractivity contribution in [2.45, 2.75) is 49.5 Å². The Morgan fingerprint density at radius 1 is 1.39 bits per heavy atom. The van der Waals surface area contributed by atoms with Crippen molar-refractivity contribution in [3.63, 3.8) is 0 Å². The van der Waals surface area contributed by atoms with Crippen LogP contribution in [0.15, 0.2) is 39.2 Å². The summed E-state index contributed by atoms with van der Waals surface area (Å²) in [5.74, 6) is 3.30. The molecule has 5 N–H and O–H groups in total. The quantitative estimate of drug-likeness (QED) is 0.417. The molecule has 36 heavy (non-hydrogen) atoms. The van der Waals surface area contributed by atoms with E-state index in [1.807, 2.05) is 6.92 Å².